The van der Waals surface area contributed by atoms with Gasteiger partial charge in [0.05, 0.1) is 18.8 Å². The van der Waals surface area contributed by atoms with E-state index >= 15 is 0 Å². The van der Waals surface area contributed by atoms with Gasteiger partial charge in [-0.2, -0.15) is 0 Å². The first-order valence-corrected chi connectivity index (χ1v) is 9.88. The molecule has 1 N–H and O–H groups in total. The normalized spacial score (nSPS) is 29.7. The summed E-state index contributed by atoms with van der Waals surface area (Å²) in [5.41, 5.74) is -0.336. The first-order valence-electron chi connectivity index (χ1n) is 9.88. The van der Waals surface area contributed by atoms with Gasteiger partial charge in [0.2, 0.25) is 0 Å². The van der Waals surface area contributed by atoms with Gasteiger partial charge in [0.1, 0.15) is 5.69 Å². The first-order chi connectivity index (χ1) is 12.4. The van der Waals surface area contributed by atoms with E-state index in [-0.39, 0.29) is 11.3 Å². The topological polar surface area (TPSA) is 57.9 Å². The summed E-state index contributed by atoms with van der Waals surface area (Å²) in [5.74, 6) is 0.100. The smallest absolute Gasteiger partial charge is 0.270 e. The molecule has 4 rings (SSSR count). The number of β-amino-alcohol motifs (C(OH)–C–C–N with tert-alkyl or cyclic N) is 1. The van der Waals surface area contributed by atoms with Crippen LogP contribution in [0.4, 0.5) is 0 Å². The molecular formula is C20H31N3O3. The number of hydrogen-bond acceptors (Lipinski definition) is 4. The maximum Gasteiger partial charge on any atom is 0.270 e. The number of aromatic nitrogens is 1. The van der Waals surface area contributed by atoms with E-state index in [1.807, 2.05) is 23.2 Å². The molecule has 3 aliphatic rings. The molecule has 2 aliphatic heterocycles. The third kappa shape index (κ3) is 3.30. The number of morpholine rings is 1. The summed E-state index contributed by atoms with van der Waals surface area (Å²) >= 11 is 0. The summed E-state index contributed by atoms with van der Waals surface area (Å²) < 4.78 is 7.55. The molecule has 1 amide bonds. The van der Waals surface area contributed by atoms with Gasteiger partial charge in [-0.15, -0.1) is 0 Å². The van der Waals surface area contributed by atoms with E-state index in [0.29, 0.717) is 32.1 Å². The van der Waals surface area contributed by atoms with E-state index < -0.39 is 5.60 Å². The maximum absolute atomic E-state index is 13.1. The minimum atomic E-state index is -0.778. The van der Waals surface area contributed by atoms with Crippen molar-refractivity contribution in [3.63, 3.8) is 0 Å². The highest BCUT2D eigenvalue weighted by atomic mass is 16.5. The number of carbonyl (C=O) groups excluding carboxylic acids is 1. The molecule has 0 bridgehead atoms. The SMILES string of the molecule is CC1(C)CN(C(=O)c2cccn2C2CC2)CCC1(O)CN1CCOCC1. The molecule has 6 nitrogen and oxygen atoms in total. The Kier molecular flexibility index (Phi) is 4.61. The molecule has 2 saturated heterocycles. The summed E-state index contributed by atoms with van der Waals surface area (Å²) in [6.45, 7) is 9.25. The second-order valence-electron chi connectivity index (χ2n) is 8.81. The molecule has 0 aromatic carbocycles. The van der Waals surface area contributed by atoms with Gasteiger partial charge in [-0.05, 0) is 31.4 Å². The zero-order valence-electron chi connectivity index (χ0n) is 16.0. The third-order valence-corrected chi connectivity index (χ3v) is 6.46. The number of piperidine rings is 1. The summed E-state index contributed by atoms with van der Waals surface area (Å²) in [6, 6.07) is 4.40. The van der Waals surface area contributed by atoms with Crippen LogP contribution in [0.1, 0.15) is 49.6 Å². The fourth-order valence-corrected chi connectivity index (χ4v) is 4.37. The molecule has 1 saturated carbocycles. The van der Waals surface area contributed by atoms with Crippen LogP contribution >= 0.6 is 0 Å². The number of amides is 1. The number of ether oxygens (including phenoxy) is 1. The van der Waals surface area contributed by atoms with Gasteiger partial charge < -0.3 is 19.3 Å². The molecule has 1 aromatic heterocycles. The number of likely N-dealkylation sites (tertiary alicyclic amines) is 1. The first kappa shape index (κ1) is 18.0. The van der Waals surface area contributed by atoms with Gasteiger partial charge >= 0.3 is 0 Å². The number of aliphatic hydroxyl groups is 1. The predicted octanol–water partition coefficient (Wildman–Crippen LogP) is 1.76. The zero-order chi connectivity index (χ0) is 18.4. The van der Waals surface area contributed by atoms with Gasteiger partial charge in [0.25, 0.3) is 5.91 Å². The van der Waals surface area contributed by atoms with Crippen LogP contribution in [0.25, 0.3) is 0 Å². The van der Waals surface area contributed by atoms with Crippen molar-refractivity contribution in [2.45, 2.75) is 44.8 Å². The van der Waals surface area contributed by atoms with Crippen LogP contribution < -0.4 is 0 Å². The number of carbonyl (C=O) groups is 1. The van der Waals surface area contributed by atoms with Crippen molar-refractivity contribution in [3.05, 3.63) is 24.0 Å². The number of nitrogens with zero attached hydrogens (tertiary/aromatic N) is 3. The lowest BCUT2D eigenvalue weighted by Crippen LogP contribution is -2.63. The van der Waals surface area contributed by atoms with Crippen molar-refractivity contribution < 1.29 is 14.6 Å². The van der Waals surface area contributed by atoms with Crippen molar-refractivity contribution in [3.8, 4) is 0 Å². The average molecular weight is 361 g/mol. The van der Waals surface area contributed by atoms with Crippen molar-refractivity contribution in [2.75, 3.05) is 45.9 Å². The standard InChI is InChI=1S/C20H31N3O3/c1-19(2)14-22(18(24)17-4-3-8-23(17)16-5-6-16)9-7-20(19,25)15-21-10-12-26-13-11-21/h3-4,8,16,25H,5-7,9-15H2,1-2H3. The minimum Gasteiger partial charge on any atom is -0.388 e. The maximum atomic E-state index is 13.1. The molecule has 1 unspecified atom stereocenters. The van der Waals surface area contributed by atoms with Gasteiger partial charge in [-0.1, -0.05) is 13.8 Å². The fraction of sp³-hybridized carbons (Fsp3) is 0.750. The summed E-state index contributed by atoms with van der Waals surface area (Å²) in [4.78, 5) is 17.3. The Morgan fingerprint density at radius 1 is 1.27 bits per heavy atom. The lowest BCUT2D eigenvalue weighted by atomic mass is 9.69. The summed E-state index contributed by atoms with van der Waals surface area (Å²) in [6.07, 6.45) is 4.97. The quantitative estimate of drug-likeness (QED) is 0.888. The Bertz CT molecular complexity index is 661. The Morgan fingerprint density at radius 3 is 2.65 bits per heavy atom. The van der Waals surface area contributed by atoms with Crippen LogP contribution in [-0.4, -0.2) is 76.9 Å². The van der Waals surface area contributed by atoms with Gasteiger partial charge in [0.15, 0.2) is 0 Å². The number of rotatable bonds is 4. The molecule has 3 fully saturated rings. The van der Waals surface area contributed by atoms with Crippen LogP contribution in [0.15, 0.2) is 18.3 Å². The molecule has 26 heavy (non-hydrogen) atoms. The Morgan fingerprint density at radius 2 is 2.00 bits per heavy atom. The predicted molar refractivity (Wildman–Crippen MR) is 99.2 cm³/mol. The van der Waals surface area contributed by atoms with Crippen LogP contribution in [0.5, 0.6) is 0 Å². The monoisotopic (exact) mass is 361 g/mol. The van der Waals surface area contributed by atoms with Crippen molar-refractivity contribution >= 4 is 5.91 Å². The van der Waals surface area contributed by atoms with Crippen molar-refractivity contribution in [2.24, 2.45) is 5.41 Å². The molecule has 144 valence electrons. The molecule has 1 aromatic rings. The minimum absolute atomic E-state index is 0.100. The highest BCUT2D eigenvalue weighted by Crippen LogP contribution is 2.41. The molecule has 0 radical (unpaired) electrons. The zero-order valence-corrected chi connectivity index (χ0v) is 16.0. The van der Waals surface area contributed by atoms with E-state index in [1.165, 1.54) is 12.8 Å². The largest absolute Gasteiger partial charge is 0.388 e. The lowest BCUT2D eigenvalue weighted by Gasteiger charge is -2.52. The summed E-state index contributed by atoms with van der Waals surface area (Å²) in [7, 11) is 0. The van der Waals surface area contributed by atoms with Crippen molar-refractivity contribution in [1.29, 1.82) is 0 Å². The molecule has 0 spiro atoms. The Balaban J connectivity index is 1.45. The molecule has 1 atom stereocenters. The Labute approximate surface area is 155 Å². The Hall–Kier alpha value is -1.37. The lowest BCUT2D eigenvalue weighted by molar-refractivity contribution is -0.133. The highest BCUT2D eigenvalue weighted by Gasteiger charge is 2.49. The molecule has 6 heteroatoms. The second kappa shape index (κ2) is 6.66. The molecule has 3 heterocycles. The third-order valence-electron chi connectivity index (χ3n) is 6.46. The highest BCUT2D eigenvalue weighted by molar-refractivity contribution is 5.93. The molecular weight excluding hydrogens is 330 g/mol. The van der Waals surface area contributed by atoms with Crippen molar-refractivity contribution in [1.82, 2.24) is 14.4 Å². The van der Waals surface area contributed by atoms with E-state index in [2.05, 4.69) is 23.3 Å². The van der Waals surface area contributed by atoms with E-state index in [9.17, 15) is 9.90 Å². The summed E-state index contributed by atoms with van der Waals surface area (Å²) in [5, 5.41) is 11.4. The van der Waals surface area contributed by atoms with Crippen LogP contribution in [-0.2, 0) is 4.74 Å². The van der Waals surface area contributed by atoms with E-state index in [1.54, 1.807) is 0 Å². The van der Waals surface area contributed by atoms with Crippen LogP contribution in [0.3, 0.4) is 0 Å². The number of hydrogen-bond donors (Lipinski definition) is 1. The second-order valence-corrected chi connectivity index (χ2v) is 8.81. The van der Waals surface area contributed by atoms with Gasteiger partial charge in [-0.25, -0.2) is 0 Å². The van der Waals surface area contributed by atoms with E-state index in [4.69, 9.17) is 4.74 Å². The molecule has 1 aliphatic carbocycles. The van der Waals surface area contributed by atoms with Gasteiger partial charge in [-0.3, -0.25) is 9.69 Å². The van der Waals surface area contributed by atoms with Gasteiger partial charge in [0, 0.05) is 50.4 Å². The van der Waals surface area contributed by atoms with Crippen LogP contribution in [0, 0.1) is 5.41 Å². The fourth-order valence-electron chi connectivity index (χ4n) is 4.37. The van der Waals surface area contributed by atoms with Crippen LogP contribution in [0.2, 0.25) is 0 Å². The van der Waals surface area contributed by atoms with E-state index in [0.717, 1.165) is 32.0 Å². The average Bonchev–Trinajstić information content (AvgIpc) is 3.34.